The van der Waals surface area contributed by atoms with Crippen molar-refractivity contribution in [3.8, 4) is 5.75 Å². The van der Waals surface area contributed by atoms with Crippen LogP contribution in [-0.4, -0.2) is 27.0 Å². The van der Waals surface area contributed by atoms with Gasteiger partial charge in [-0.15, -0.1) is 0 Å². The lowest BCUT2D eigenvalue weighted by Gasteiger charge is -2.04. The first kappa shape index (κ1) is 12.0. The van der Waals surface area contributed by atoms with Crippen LogP contribution in [-0.2, 0) is 5.75 Å². The fraction of sp³-hybridized carbons (Fsp3) is 0.154. The van der Waals surface area contributed by atoms with Gasteiger partial charge in [0, 0.05) is 5.75 Å². The lowest BCUT2D eigenvalue weighted by molar-refractivity contribution is 0.414. The molecule has 0 saturated heterocycles. The lowest BCUT2D eigenvalue weighted by atomic mass is 10.2. The van der Waals surface area contributed by atoms with Gasteiger partial charge >= 0.3 is 0 Å². The van der Waals surface area contributed by atoms with E-state index in [1.165, 1.54) is 5.56 Å². The number of benzene rings is 1. The third-order valence-corrected chi connectivity index (χ3v) is 3.74. The normalized spacial score (nSPS) is 10.8. The summed E-state index contributed by atoms with van der Waals surface area (Å²) in [6.07, 6.45) is 3.18. The van der Waals surface area contributed by atoms with Gasteiger partial charge in [0.05, 0.1) is 13.4 Å². The van der Waals surface area contributed by atoms with Crippen molar-refractivity contribution in [1.29, 1.82) is 0 Å². The van der Waals surface area contributed by atoms with Crippen molar-refractivity contribution in [3.63, 3.8) is 0 Å². The minimum absolute atomic E-state index is 0.767. The van der Waals surface area contributed by atoms with Crippen molar-refractivity contribution >= 4 is 22.9 Å². The van der Waals surface area contributed by atoms with E-state index in [2.05, 4.69) is 26.0 Å². The average Bonchev–Trinajstić information content (AvgIpc) is 2.94. The van der Waals surface area contributed by atoms with Crippen molar-refractivity contribution in [2.75, 3.05) is 7.11 Å². The maximum absolute atomic E-state index is 5.21. The number of ether oxygens (including phenoxy) is 1. The molecular formula is C13H12N4OS. The summed E-state index contributed by atoms with van der Waals surface area (Å²) < 4.78 is 5.21. The molecule has 1 N–H and O–H groups in total. The number of aromatic nitrogens is 4. The molecule has 3 rings (SSSR count). The van der Waals surface area contributed by atoms with Gasteiger partial charge in [-0.2, -0.15) is 0 Å². The lowest BCUT2D eigenvalue weighted by Crippen LogP contribution is -1.88. The van der Waals surface area contributed by atoms with Gasteiger partial charge in [-0.25, -0.2) is 15.0 Å². The number of imidazole rings is 1. The summed E-state index contributed by atoms with van der Waals surface area (Å²) in [6, 6.07) is 8.01. The zero-order valence-corrected chi connectivity index (χ0v) is 11.1. The van der Waals surface area contributed by atoms with Crippen LogP contribution in [0.4, 0.5) is 0 Å². The predicted molar refractivity (Wildman–Crippen MR) is 74.2 cm³/mol. The molecule has 0 spiro atoms. The first-order valence-corrected chi connectivity index (χ1v) is 6.75. The van der Waals surface area contributed by atoms with Gasteiger partial charge in [-0.05, 0) is 17.7 Å². The molecule has 0 aliphatic rings. The molecule has 5 nitrogen and oxygen atoms in total. The quantitative estimate of drug-likeness (QED) is 0.584. The molecule has 19 heavy (non-hydrogen) atoms. The van der Waals surface area contributed by atoms with E-state index < -0.39 is 0 Å². The molecule has 0 unspecified atom stereocenters. The van der Waals surface area contributed by atoms with Crippen molar-refractivity contribution in [1.82, 2.24) is 19.9 Å². The van der Waals surface area contributed by atoms with Gasteiger partial charge < -0.3 is 9.72 Å². The molecule has 3 aromatic rings. The highest BCUT2D eigenvalue weighted by molar-refractivity contribution is 7.98. The maximum atomic E-state index is 5.21. The number of hydrogen-bond donors (Lipinski definition) is 1. The van der Waals surface area contributed by atoms with E-state index in [0.717, 1.165) is 27.7 Å². The Morgan fingerprint density at radius 2 is 2.21 bits per heavy atom. The fourth-order valence-corrected chi connectivity index (χ4v) is 2.65. The predicted octanol–water partition coefficient (Wildman–Crippen LogP) is 2.65. The fourth-order valence-electron chi connectivity index (χ4n) is 1.76. The zero-order valence-electron chi connectivity index (χ0n) is 10.3. The van der Waals surface area contributed by atoms with Crippen LogP contribution >= 0.6 is 11.8 Å². The third-order valence-electron chi connectivity index (χ3n) is 2.69. The molecule has 0 aliphatic carbocycles. The summed E-state index contributed by atoms with van der Waals surface area (Å²) in [5.41, 5.74) is 2.77. The van der Waals surface area contributed by atoms with Crippen LogP contribution in [0.1, 0.15) is 5.56 Å². The SMILES string of the molecule is COc1cccc(CSc2ncnc3[nH]cnc23)c1. The smallest absolute Gasteiger partial charge is 0.161 e. The summed E-state index contributed by atoms with van der Waals surface area (Å²) in [4.78, 5) is 15.6. The minimum Gasteiger partial charge on any atom is -0.497 e. The number of methoxy groups -OCH3 is 1. The topological polar surface area (TPSA) is 63.7 Å². The van der Waals surface area contributed by atoms with Crippen LogP contribution < -0.4 is 4.74 Å². The molecule has 6 heteroatoms. The number of nitrogens with zero attached hydrogens (tertiary/aromatic N) is 3. The largest absolute Gasteiger partial charge is 0.497 e. The van der Waals surface area contributed by atoms with E-state index in [1.54, 1.807) is 31.5 Å². The Balaban J connectivity index is 1.80. The molecule has 0 aliphatic heterocycles. The van der Waals surface area contributed by atoms with Crippen LogP contribution in [0.25, 0.3) is 11.2 Å². The standard InChI is InChI=1S/C13H12N4OS/c1-18-10-4-2-3-9(5-10)6-19-13-11-12(15-7-14-11)16-8-17-13/h2-5,7-8H,6H2,1H3,(H,14,15,16,17). The molecule has 0 fully saturated rings. The summed E-state index contributed by atoms with van der Waals surface area (Å²) >= 11 is 1.64. The van der Waals surface area contributed by atoms with Crippen LogP contribution in [0, 0.1) is 0 Å². The van der Waals surface area contributed by atoms with E-state index in [4.69, 9.17) is 4.74 Å². The molecular weight excluding hydrogens is 260 g/mol. The molecule has 0 radical (unpaired) electrons. The van der Waals surface area contributed by atoms with Crippen LogP contribution in [0.2, 0.25) is 0 Å². The van der Waals surface area contributed by atoms with Gasteiger partial charge in [-0.1, -0.05) is 23.9 Å². The van der Waals surface area contributed by atoms with Gasteiger partial charge in [-0.3, -0.25) is 0 Å². The molecule has 0 saturated carbocycles. The molecule has 96 valence electrons. The number of aromatic amines is 1. The monoisotopic (exact) mass is 272 g/mol. The van der Waals surface area contributed by atoms with E-state index in [1.807, 2.05) is 18.2 Å². The Morgan fingerprint density at radius 1 is 1.26 bits per heavy atom. The second-order valence-electron chi connectivity index (χ2n) is 3.92. The van der Waals surface area contributed by atoms with Gasteiger partial charge in [0.25, 0.3) is 0 Å². The molecule has 1 aromatic carbocycles. The van der Waals surface area contributed by atoms with Gasteiger partial charge in [0.2, 0.25) is 0 Å². The highest BCUT2D eigenvalue weighted by atomic mass is 32.2. The van der Waals surface area contributed by atoms with Crippen LogP contribution in [0.3, 0.4) is 0 Å². The van der Waals surface area contributed by atoms with Crippen molar-refractivity contribution < 1.29 is 4.74 Å². The average molecular weight is 272 g/mol. The highest BCUT2D eigenvalue weighted by Gasteiger charge is 2.07. The summed E-state index contributed by atoms with van der Waals surface area (Å²) in [7, 11) is 1.67. The molecule has 0 amide bonds. The minimum atomic E-state index is 0.767. The Bertz CT molecular complexity index is 698. The number of thioether (sulfide) groups is 1. The van der Waals surface area contributed by atoms with E-state index >= 15 is 0 Å². The van der Waals surface area contributed by atoms with Gasteiger partial charge in [0.1, 0.15) is 22.6 Å². The summed E-state index contributed by atoms with van der Waals surface area (Å²) in [5.74, 6) is 1.68. The first-order chi connectivity index (χ1) is 9.36. The van der Waals surface area contributed by atoms with E-state index in [9.17, 15) is 0 Å². The molecule has 0 bridgehead atoms. The molecule has 2 aromatic heterocycles. The summed E-state index contributed by atoms with van der Waals surface area (Å²) in [6.45, 7) is 0. The molecule has 2 heterocycles. The Morgan fingerprint density at radius 3 is 3.11 bits per heavy atom. The second-order valence-corrected chi connectivity index (χ2v) is 4.88. The number of hydrogen-bond acceptors (Lipinski definition) is 5. The Kier molecular flexibility index (Phi) is 3.33. The van der Waals surface area contributed by atoms with Crippen molar-refractivity contribution in [3.05, 3.63) is 42.5 Å². The van der Waals surface area contributed by atoms with Gasteiger partial charge in [0.15, 0.2) is 5.65 Å². The van der Waals surface area contributed by atoms with E-state index in [0.29, 0.717) is 0 Å². The maximum Gasteiger partial charge on any atom is 0.161 e. The number of nitrogens with one attached hydrogen (secondary N) is 1. The first-order valence-electron chi connectivity index (χ1n) is 5.76. The van der Waals surface area contributed by atoms with Crippen molar-refractivity contribution in [2.45, 2.75) is 10.8 Å². The third kappa shape index (κ3) is 2.53. The number of fused-ring (bicyclic) bond motifs is 1. The summed E-state index contributed by atoms with van der Waals surface area (Å²) in [5, 5.41) is 0.883. The zero-order chi connectivity index (χ0) is 13.1. The Labute approximate surface area is 114 Å². The van der Waals surface area contributed by atoms with Crippen LogP contribution in [0.5, 0.6) is 5.75 Å². The number of rotatable bonds is 4. The van der Waals surface area contributed by atoms with E-state index in [-0.39, 0.29) is 0 Å². The Hall–Kier alpha value is -2.08. The highest BCUT2D eigenvalue weighted by Crippen LogP contribution is 2.26. The second kappa shape index (κ2) is 5.27. The number of H-pyrrole nitrogens is 1. The van der Waals surface area contributed by atoms with Crippen molar-refractivity contribution in [2.24, 2.45) is 0 Å². The van der Waals surface area contributed by atoms with Crippen LogP contribution in [0.15, 0.2) is 41.9 Å². The molecule has 0 atom stereocenters.